The third kappa shape index (κ3) is 4.16. The van der Waals surface area contributed by atoms with Crippen molar-refractivity contribution in [3.05, 3.63) is 104 Å². The number of rotatable bonds is 3. The molecule has 0 unspecified atom stereocenters. The van der Waals surface area contributed by atoms with Gasteiger partial charge >= 0.3 is 0 Å². The van der Waals surface area contributed by atoms with Crippen LogP contribution in [0.3, 0.4) is 0 Å². The zero-order chi connectivity index (χ0) is 20.5. The van der Waals surface area contributed by atoms with Crippen LogP contribution in [0.1, 0.15) is 0 Å². The molecule has 0 bridgehead atoms. The molecule has 0 aromatic heterocycles. The Morgan fingerprint density at radius 3 is 1.86 bits per heavy atom. The molecule has 4 rings (SSSR count). The van der Waals surface area contributed by atoms with Gasteiger partial charge in [-0.15, -0.1) is 0 Å². The van der Waals surface area contributed by atoms with Gasteiger partial charge in [-0.1, -0.05) is 63.9 Å². The van der Waals surface area contributed by atoms with E-state index in [4.69, 9.17) is 11.6 Å². The van der Waals surface area contributed by atoms with E-state index in [2.05, 4.69) is 31.9 Å². The molecule has 0 amide bonds. The lowest BCUT2D eigenvalue weighted by molar-refractivity contribution is 0.584. The van der Waals surface area contributed by atoms with Crippen LogP contribution in [0.25, 0.3) is 33.4 Å². The van der Waals surface area contributed by atoms with Crippen molar-refractivity contribution < 1.29 is 8.78 Å². The molecule has 0 aliphatic carbocycles. The van der Waals surface area contributed by atoms with Crippen LogP contribution in [0.2, 0.25) is 5.02 Å². The Morgan fingerprint density at radius 1 is 0.621 bits per heavy atom. The molecule has 5 heteroatoms. The summed E-state index contributed by atoms with van der Waals surface area (Å²) in [4.78, 5) is 0. The number of halogens is 5. The standard InChI is InChI=1S/C24H13Br2ClF2/c25-20-7-3-1-5-18(20)14-9-15(19-6-2-4-8-22(19)27)11-16(10-14)24-21(26)12-17(28)13-23(24)29/h1-13H. The minimum absolute atomic E-state index is 0.300. The smallest absolute Gasteiger partial charge is 0.135 e. The lowest BCUT2D eigenvalue weighted by Crippen LogP contribution is -1.92. The molecule has 0 aliphatic heterocycles. The van der Waals surface area contributed by atoms with Gasteiger partial charge in [0.15, 0.2) is 0 Å². The summed E-state index contributed by atoms with van der Waals surface area (Å²) in [5, 5.41) is 0.598. The molecular weight excluding hydrogens is 522 g/mol. The Kier molecular flexibility index (Phi) is 5.86. The van der Waals surface area contributed by atoms with E-state index < -0.39 is 11.6 Å². The SMILES string of the molecule is Fc1cc(F)c(-c2cc(-c3ccccc3Cl)cc(-c3ccccc3Br)c2)c(Br)c1. The van der Waals surface area contributed by atoms with Crippen LogP contribution in [-0.4, -0.2) is 0 Å². The summed E-state index contributed by atoms with van der Waals surface area (Å²) < 4.78 is 29.6. The first-order valence-electron chi connectivity index (χ1n) is 8.74. The van der Waals surface area contributed by atoms with Gasteiger partial charge in [-0.2, -0.15) is 0 Å². The fourth-order valence-electron chi connectivity index (χ4n) is 3.29. The topological polar surface area (TPSA) is 0 Å². The lowest BCUT2D eigenvalue weighted by Gasteiger charge is -2.14. The molecule has 0 N–H and O–H groups in total. The fourth-order valence-corrected chi connectivity index (χ4v) is 4.69. The molecule has 0 spiro atoms. The Morgan fingerprint density at radius 2 is 1.21 bits per heavy atom. The van der Waals surface area contributed by atoms with Crippen molar-refractivity contribution in [2.75, 3.05) is 0 Å². The van der Waals surface area contributed by atoms with Gasteiger partial charge in [0.05, 0.1) is 0 Å². The summed E-state index contributed by atoms with van der Waals surface area (Å²) in [6, 6.07) is 23.2. The number of benzene rings is 4. The maximum absolute atomic E-state index is 14.7. The highest BCUT2D eigenvalue weighted by Gasteiger charge is 2.16. The van der Waals surface area contributed by atoms with Gasteiger partial charge in [0.1, 0.15) is 11.6 Å². The third-order valence-electron chi connectivity index (χ3n) is 4.60. The predicted molar refractivity (Wildman–Crippen MR) is 123 cm³/mol. The van der Waals surface area contributed by atoms with Gasteiger partial charge in [-0.25, -0.2) is 8.78 Å². The Labute approximate surface area is 189 Å². The Balaban J connectivity index is 2.02. The van der Waals surface area contributed by atoms with Crippen LogP contribution in [0, 0.1) is 11.6 Å². The van der Waals surface area contributed by atoms with Crippen LogP contribution in [0.4, 0.5) is 8.78 Å². The molecule has 0 saturated carbocycles. The molecule has 0 saturated heterocycles. The van der Waals surface area contributed by atoms with Crippen LogP contribution in [0.5, 0.6) is 0 Å². The van der Waals surface area contributed by atoms with Crippen LogP contribution < -0.4 is 0 Å². The lowest BCUT2D eigenvalue weighted by atomic mass is 9.93. The maximum Gasteiger partial charge on any atom is 0.135 e. The monoisotopic (exact) mass is 532 g/mol. The first kappa shape index (κ1) is 20.3. The van der Waals surface area contributed by atoms with Crippen molar-refractivity contribution in [3.63, 3.8) is 0 Å². The first-order chi connectivity index (χ1) is 13.9. The van der Waals surface area contributed by atoms with E-state index in [0.29, 0.717) is 20.6 Å². The summed E-state index contributed by atoms with van der Waals surface area (Å²) in [5.74, 6) is -1.27. The summed E-state index contributed by atoms with van der Waals surface area (Å²) in [7, 11) is 0. The molecule has 29 heavy (non-hydrogen) atoms. The Bertz CT molecular complexity index is 1130. The van der Waals surface area contributed by atoms with Gasteiger partial charge in [0, 0.05) is 31.2 Å². The third-order valence-corrected chi connectivity index (χ3v) is 6.24. The van der Waals surface area contributed by atoms with Crippen molar-refractivity contribution in [1.82, 2.24) is 0 Å². The van der Waals surface area contributed by atoms with Crippen LogP contribution >= 0.6 is 43.5 Å². The first-order valence-corrected chi connectivity index (χ1v) is 10.7. The summed E-state index contributed by atoms with van der Waals surface area (Å²) >= 11 is 13.3. The van der Waals surface area contributed by atoms with Gasteiger partial charge in [-0.3, -0.25) is 0 Å². The zero-order valence-corrected chi connectivity index (χ0v) is 18.8. The molecule has 0 atom stereocenters. The summed E-state index contributed by atoms with van der Waals surface area (Å²) in [6.07, 6.45) is 0. The van der Waals surface area contributed by atoms with Crippen molar-refractivity contribution in [1.29, 1.82) is 0 Å². The van der Waals surface area contributed by atoms with Crippen molar-refractivity contribution in [2.45, 2.75) is 0 Å². The normalized spacial score (nSPS) is 10.9. The van der Waals surface area contributed by atoms with Crippen LogP contribution in [0.15, 0.2) is 87.8 Å². The van der Waals surface area contributed by atoms with E-state index in [-0.39, 0.29) is 0 Å². The highest BCUT2D eigenvalue weighted by Crippen LogP contribution is 2.40. The Hall–Kier alpha value is -2.01. The number of hydrogen-bond acceptors (Lipinski definition) is 0. The molecule has 0 heterocycles. The fraction of sp³-hybridized carbons (Fsp3) is 0. The maximum atomic E-state index is 14.7. The van der Waals surface area contributed by atoms with Gasteiger partial charge in [0.2, 0.25) is 0 Å². The van der Waals surface area contributed by atoms with E-state index >= 15 is 0 Å². The van der Waals surface area contributed by atoms with Gasteiger partial charge in [-0.05, 0) is 74.6 Å². The van der Waals surface area contributed by atoms with Crippen molar-refractivity contribution in [2.24, 2.45) is 0 Å². The second-order valence-electron chi connectivity index (χ2n) is 6.50. The van der Waals surface area contributed by atoms with E-state index in [1.54, 1.807) is 0 Å². The van der Waals surface area contributed by atoms with E-state index in [1.165, 1.54) is 6.07 Å². The highest BCUT2D eigenvalue weighted by molar-refractivity contribution is 9.11. The molecule has 0 fully saturated rings. The van der Waals surface area contributed by atoms with Crippen molar-refractivity contribution in [3.8, 4) is 33.4 Å². The van der Waals surface area contributed by atoms with Gasteiger partial charge in [0.25, 0.3) is 0 Å². The second kappa shape index (κ2) is 8.39. The largest absolute Gasteiger partial charge is 0.207 e. The minimum atomic E-state index is -0.633. The van der Waals surface area contributed by atoms with E-state index in [1.807, 2.05) is 66.7 Å². The van der Waals surface area contributed by atoms with E-state index in [0.717, 1.165) is 32.8 Å². The van der Waals surface area contributed by atoms with Gasteiger partial charge < -0.3 is 0 Å². The average Bonchev–Trinajstić information content (AvgIpc) is 2.67. The quantitative estimate of drug-likeness (QED) is 0.246. The molecule has 4 aromatic carbocycles. The van der Waals surface area contributed by atoms with Crippen LogP contribution in [-0.2, 0) is 0 Å². The average molecular weight is 535 g/mol. The minimum Gasteiger partial charge on any atom is -0.207 e. The van der Waals surface area contributed by atoms with E-state index in [9.17, 15) is 8.78 Å². The van der Waals surface area contributed by atoms with Crippen molar-refractivity contribution >= 4 is 43.5 Å². The highest BCUT2D eigenvalue weighted by atomic mass is 79.9. The predicted octanol–water partition coefficient (Wildman–Crippen LogP) is 9.14. The molecule has 0 aliphatic rings. The molecular formula is C24H13Br2ClF2. The second-order valence-corrected chi connectivity index (χ2v) is 8.62. The summed E-state index contributed by atoms with van der Waals surface area (Å²) in [6.45, 7) is 0. The molecule has 4 aromatic rings. The zero-order valence-electron chi connectivity index (χ0n) is 14.9. The number of hydrogen-bond donors (Lipinski definition) is 0. The summed E-state index contributed by atoms with van der Waals surface area (Å²) in [5.41, 5.74) is 4.45. The molecule has 0 nitrogen and oxygen atoms in total. The molecule has 144 valence electrons. The molecule has 0 radical (unpaired) electrons.